The number of rotatable bonds is 5. The summed E-state index contributed by atoms with van der Waals surface area (Å²) in [5.41, 5.74) is 1.25. The van der Waals surface area contributed by atoms with Gasteiger partial charge < -0.3 is 20.6 Å². The van der Waals surface area contributed by atoms with E-state index >= 15 is 0 Å². The molecule has 0 aliphatic rings. The lowest BCUT2D eigenvalue weighted by molar-refractivity contribution is -0.141. The van der Waals surface area contributed by atoms with E-state index in [1.54, 1.807) is 31.2 Å². The average Bonchev–Trinajstić information content (AvgIpc) is 2.39. The Morgan fingerprint density at radius 3 is 2.63 bits per heavy atom. The van der Waals surface area contributed by atoms with Crippen LogP contribution in [0, 0.1) is 0 Å². The van der Waals surface area contributed by atoms with E-state index in [1.807, 2.05) is 0 Å². The molecular formula is C12H15N3O4. The van der Waals surface area contributed by atoms with Gasteiger partial charge in [0.05, 0.1) is 12.8 Å². The van der Waals surface area contributed by atoms with E-state index in [4.69, 9.17) is 5.21 Å². The zero-order valence-electron chi connectivity index (χ0n) is 10.4. The number of hydrogen-bond donors (Lipinski definition) is 3. The molecule has 102 valence electrons. The summed E-state index contributed by atoms with van der Waals surface area (Å²) in [5.74, 6) is -0.493. The van der Waals surface area contributed by atoms with Crippen LogP contribution in [0.25, 0.3) is 0 Å². The van der Waals surface area contributed by atoms with Crippen molar-refractivity contribution in [3.63, 3.8) is 0 Å². The number of ether oxygens (including phenoxy) is 1. The third-order valence-electron chi connectivity index (χ3n) is 2.07. The Bertz CT molecular complexity index is 457. The van der Waals surface area contributed by atoms with Crippen molar-refractivity contribution in [1.82, 2.24) is 5.32 Å². The van der Waals surface area contributed by atoms with Crippen molar-refractivity contribution in [3.05, 3.63) is 29.8 Å². The first kappa shape index (κ1) is 14.5. The standard InChI is InChI=1S/C12H15N3O4/c1-2-19-11(16)8-13-12(17)15-10-5-3-9(4-6-10)7-14-18/h3-7,18H,2,8H2,1H3,(H2,13,15,17). The maximum atomic E-state index is 11.4. The number of nitrogens with one attached hydrogen (secondary N) is 2. The highest BCUT2D eigenvalue weighted by atomic mass is 16.5. The number of amides is 2. The van der Waals surface area contributed by atoms with Crippen LogP contribution >= 0.6 is 0 Å². The smallest absolute Gasteiger partial charge is 0.325 e. The van der Waals surface area contributed by atoms with Crippen molar-refractivity contribution in [2.24, 2.45) is 5.16 Å². The van der Waals surface area contributed by atoms with E-state index in [0.717, 1.165) is 0 Å². The first-order valence-electron chi connectivity index (χ1n) is 5.63. The SMILES string of the molecule is CCOC(=O)CNC(=O)Nc1ccc(C=NO)cc1. The number of oxime groups is 1. The maximum Gasteiger partial charge on any atom is 0.325 e. The molecule has 7 heteroatoms. The van der Waals surface area contributed by atoms with E-state index < -0.39 is 12.0 Å². The molecule has 1 aromatic rings. The van der Waals surface area contributed by atoms with Gasteiger partial charge in [-0.1, -0.05) is 17.3 Å². The van der Waals surface area contributed by atoms with Gasteiger partial charge in [0, 0.05) is 5.69 Å². The van der Waals surface area contributed by atoms with Crippen LogP contribution < -0.4 is 10.6 Å². The van der Waals surface area contributed by atoms with Crippen LogP contribution in [0.4, 0.5) is 10.5 Å². The van der Waals surface area contributed by atoms with Crippen LogP contribution in [0.15, 0.2) is 29.4 Å². The predicted octanol–water partition coefficient (Wildman–Crippen LogP) is 1.18. The molecule has 0 radical (unpaired) electrons. The van der Waals surface area contributed by atoms with E-state index in [1.165, 1.54) is 6.21 Å². The summed E-state index contributed by atoms with van der Waals surface area (Å²) in [6.07, 6.45) is 1.27. The van der Waals surface area contributed by atoms with Crippen LogP contribution in [-0.2, 0) is 9.53 Å². The van der Waals surface area contributed by atoms with Crippen molar-refractivity contribution >= 4 is 23.9 Å². The Labute approximate surface area is 110 Å². The topological polar surface area (TPSA) is 100 Å². The largest absolute Gasteiger partial charge is 0.465 e. The van der Waals surface area contributed by atoms with Gasteiger partial charge in [0.1, 0.15) is 6.54 Å². The van der Waals surface area contributed by atoms with E-state index in [2.05, 4.69) is 20.5 Å². The average molecular weight is 265 g/mol. The third kappa shape index (κ3) is 5.53. The lowest BCUT2D eigenvalue weighted by Crippen LogP contribution is -2.34. The summed E-state index contributed by atoms with van der Waals surface area (Å²) in [6, 6.07) is 6.11. The minimum Gasteiger partial charge on any atom is -0.465 e. The summed E-state index contributed by atoms with van der Waals surface area (Å²) in [4.78, 5) is 22.4. The van der Waals surface area contributed by atoms with Crippen molar-refractivity contribution in [2.75, 3.05) is 18.5 Å². The molecule has 0 aromatic heterocycles. The highest BCUT2D eigenvalue weighted by Gasteiger charge is 2.05. The Morgan fingerprint density at radius 1 is 1.37 bits per heavy atom. The molecular weight excluding hydrogens is 250 g/mol. The second kappa shape index (κ2) is 7.70. The molecule has 0 fully saturated rings. The molecule has 0 saturated carbocycles. The minimum atomic E-state index is -0.503. The number of carbonyl (C=O) groups excluding carboxylic acids is 2. The second-order valence-corrected chi connectivity index (χ2v) is 3.48. The lowest BCUT2D eigenvalue weighted by Gasteiger charge is -2.07. The van der Waals surface area contributed by atoms with Gasteiger partial charge in [-0.15, -0.1) is 0 Å². The molecule has 0 unspecified atom stereocenters. The van der Waals surface area contributed by atoms with Gasteiger partial charge in [0.25, 0.3) is 0 Å². The molecule has 0 spiro atoms. The van der Waals surface area contributed by atoms with Crippen molar-refractivity contribution in [1.29, 1.82) is 0 Å². The zero-order chi connectivity index (χ0) is 14.1. The first-order chi connectivity index (χ1) is 9.15. The van der Waals surface area contributed by atoms with E-state index in [9.17, 15) is 9.59 Å². The fourth-order valence-corrected chi connectivity index (χ4v) is 1.26. The molecule has 2 amide bonds. The van der Waals surface area contributed by atoms with Crippen molar-refractivity contribution in [2.45, 2.75) is 6.92 Å². The monoisotopic (exact) mass is 265 g/mol. The molecule has 0 atom stereocenters. The highest BCUT2D eigenvalue weighted by molar-refractivity contribution is 5.91. The summed E-state index contributed by atoms with van der Waals surface area (Å²) < 4.78 is 4.67. The van der Waals surface area contributed by atoms with Gasteiger partial charge in [-0.3, -0.25) is 4.79 Å². The van der Waals surface area contributed by atoms with Crippen molar-refractivity contribution in [3.8, 4) is 0 Å². The molecule has 7 nitrogen and oxygen atoms in total. The van der Waals surface area contributed by atoms with Gasteiger partial charge in [0.2, 0.25) is 0 Å². The normalized spacial score (nSPS) is 10.2. The highest BCUT2D eigenvalue weighted by Crippen LogP contribution is 2.07. The van der Waals surface area contributed by atoms with Gasteiger partial charge in [-0.05, 0) is 24.6 Å². The number of carbonyl (C=O) groups is 2. The quantitative estimate of drug-likeness (QED) is 0.322. The number of nitrogens with zero attached hydrogens (tertiary/aromatic N) is 1. The predicted molar refractivity (Wildman–Crippen MR) is 69.5 cm³/mol. The minimum absolute atomic E-state index is 0.186. The van der Waals surface area contributed by atoms with Crippen LogP contribution in [0.2, 0.25) is 0 Å². The molecule has 0 bridgehead atoms. The van der Waals surface area contributed by atoms with E-state index in [0.29, 0.717) is 11.3 Å². The molecule has 1 aromatic carbocycles. The van der Waals surface area contributed by atoms with Crippen LogP contribution in [0.1, 0.15) is 12.5 Å². The second-order valence-electron chi connectivity index (χ2n) is 3.48. The fraction of sp³-hybridized carbons (Fsp3) is 0.250. The molecule has 0 heterocycles. The van der Waals surface area contributed by atoms with Gasteiger partial charge in [-0.2, -0.15) is 0 Å². The molecule has 1 rings (SSSR count). The number of urea groups is 1. The Morgan fingerprint density at radius 2 is 2.05 bits per heavy atom. The maximum absolute atomic E-state index is 11.4. The lowest BCUT2D eigenvalue weighted by atomic mass is 10.2. The molecule has 0 aliphatic carbocycles. The van der Waals surface area contributed by atoms with Gasteiger partial charge in [-0.25, -0.2) is 4.79 Å². The van der Waals surface area contributed by atoms with Crippen LogP contribution in [-0.4, -0.2) is 36.6 Å². The number of anilines is 1. The Hall–Kier alpha value is -2.57. The summed E-state index contributed by atoms with van der Waals surface area (Å²) >= 11 is 0. The summed E-state index contributed by atoms with van der Waals surface area (Å²) in [7, 11) is 0. The Kier molecular flexibility index (Phi) is 5.87. The van der Waals surface area contributed by atoms with Crippen LogP contribution in [0.5, 0.6) is 0 Å². The summed E-state index contributed by atoms with van der Waals surface area (Å²) in [6.45, 7) is 1.78. The molecule has 0 aliphatic heterocycles. The molecule has 19 heavy (non-hydrogen) atoms. The molecule has 0 saturated heterocycles. The molecule has 3 N–H and O–H groups in total. The van der Waals surface area contributed by atoms with Gasteiger partial charge >= 0.3 is 12.0 Å². The van der Waals surface area contributed by atoms with Crippen LogP contribution in [0.3, 0.4) is 0 Å². The Balaban J connectivity index is 2.41. The zero-order valence-corrected chi connectivity index (χ0v) is 10.4. The first-order valence-corrected chi connectivity index (χ1v) is 5.63. The van der Waals surface area contributed by atoms with E-state index in [-0.39, 0.29) is 13.2 Å². The van der Waals surface area contributed by atoms with Gasteiger partial charge in [0.15, 0.2) is 0 Å². The number of esters is 1. The van der Waals surface area contributed by atoms with Crippen molar-refractivity contribution < 1.29 is 19.5 Å². The summed E-state index contributed by atoms with van der Waals surface area (Å²) in [5, 5.41) is 16.1. The number of benzene rings is 1. The number of hydrogen-bond acceptors (Lipinski definition) is 5. The fourth-order valence-electron chi connectivity index (χ4n) is 1.26. The third-order valence-corrected chi connectivity index (χ3v) is 2.07.